The van der Waals surface area contributed by atoms with Crippen LogP contribution in [0.1, 0.15) is 42.6 Å². The van der Waals surface area contributed by atoms with Crippen LogP contribution in [0.4, 0.5) is 0 Å². The van der Waals surface area contributed by atoms with E-state index in [0.717, 1.165) is 12.0 Å². The van der Waals surface area contributed by atoms with Crippen molar-refractivity contribution < 1.29 is 14.0 Å². The molecule has 0 aliphatic carbocycles. The molecule has 1 unspecified atom stereocenters. The molecular weight excluding hydrogens is 306 g/mol. The predicted molar refractivity (Wildman–Crippen MR) is 90.2 cm³/mol. The van der Waals surface area contributed by atoms with Gasteiger partial charge in [-0.1, -0.05) is 13.0 Å². The highest BCUT2D eigenvalue weighted by atomic mass is 16.3. The lowest BCUT2D eigenvalue weighted by Gasteiger charge is -2.28. The highest BCUT2D eigenvalue weighted by Crippen LogP contribution is 2.12. The van der Waals surface area contributed by atoms with Gasteiger partial charge in [-0.05, 0) is 31.0 Å². The molecule has 0 aromatic carbocycles. The molecule has 0 radical (unpaired) electrons. The van der Waals surface area contributed by atoms with E-state index in [1.54, 1.807) is 23.4 Å². The summed E-state index contributed by atoms with van der Waals surface area (Å²) in [6.07, 6.45) is 7.39. The predicted octanol–water partition coefficient (Wildman–Crippen LogP) is 2.62. The lowest BCUT2D eigenvalue weighted by Crippen LogP contribution is -2.40. The summed E-state index contributed by atoms with van der Waals surface area (Å²) in [6, 6.07) is 5.43. The SMILES string of the molecule is CCC(C)N(CCC(=O)NCc1cccnc1)C(=O)c1ccoc1. The van der Waals surface area contributed by atoms with Gasteiger partial charge in [-0.25, -0.2) is 0 Å². The maximum atomic E-state index is 12.5. The van der Waals surface area contributed by atoms with Gasteiger partial charge in [-0.3, -0.25) is 14.6 Å². The van der Waals surface area contributed by atoms with Gasteiger partial charge in [0.15, 0.2) is 0 Å². The number of hydrogen-bond acceptors (Lipinski definition) is 4. The van der Waals surface area contributed by atoms with Gasteiger partial charge in [0.1, 0.15) is 6.26 Å². The van der Waals surface area contributed by atoms with Crippen LogP contribution in [0.5, 0.6) is 0 Å². The van der Waals surface area contributed by atoms with Crippen LogP contribution in [0, 0.1) is 0 Å². The molecule has 1 N–H and O–H groups in total. The molecule has 2 rings (SSSR count). The first-order valence-corrected chi connectivity index (χ1v) is 8.10. The Morgan fingerprint density at radius 2 is 2.21 bits per heavy atom. The van der Waals surface area contributed by atoms with E-state index in [1.807, 2.05) is 26.0 Å². The zero-order valence-electron chi connectivity index (χ0n) is 14.1. The monoisotopic (exact) mass is 329 g/mol. The molecule has 1 atom stereocenters. The average Bonchev–Trinajstić information content (AvgIpc) is 3.15. The first-order chi connectivity index (χ1) is 11.6. The van der Waals surface area contributed by atoms with Gasteiger partial charge >= 0.3 is 0 Å². The van der Waals surface area contributed by atoms with Crippen molar-refractivity contribution in [2.24, 2.45) is 0 Å². The largest absolute Gasteiger partial charge is 0.472 e. The number of hydrogen-bond donors (Lipinski definition) is 1. The van der Waals surface area contributed by atoms with Crippen molar-refractivity contribution in [1.82, 2.24) is 15.2 Å². The molecule has 2 heterocycles. The maximum absolute atomic E-state index is 12.5. The van der Waals surface area contributed by atoms with Crippen molar-refractivity contribution in [3.8, 4) is 0 Å². The fraction of sp³-hybridized carbons (Fsp3) is 0.389. The highest BCUT2D eigenvalue weighted by Gasteiger charge is 2.21. The molecule has 0 aliphatic heterocycles. The number of rotatable bonds is 8. The lowest BCUT2D eigenvalue weighted by molar-refractivity contribution is -0.121. The van der Waals surface area contributed by atoms with Crippen molar-refractivity contribution in [2.75, 3.05) is 6.54 Å². The van der Waals surface area contributed by atoms with Crippen LogP contribution in [0.25, 0.3) is 0 Å². The van der Waals surface area contributed by atoms with Gasteiger partial charge in [-0.2, -0.15) is 0 Å². The van der Waals surface area contributed by atoms with E-state index in [9.17, 15) is 9.59 Å². The van der Waals surface area contributed by atoms with E-state index in [1.165, 1.54) is 12.5 Å². The lowest BCUT2D eigenvalue weighted by atomic mass is 10.1. The molecule has 0 spiro atoms. The summed E-state index contributed by atoms with van der Waals surface area (Å²) in [5.41, 5.74) is 1.45. The Labute approximate surface area is 141 Å². The molecule has 0 bridgehead atoms. The molecule has 0 saturated heterocycles. The topological polar surface area (TPSA) is 75.4 Å². The Morgan fingerprint density at radius 3 is 2.83 bits per heavy atom. The van der Waals surface area contributed by atoms with Crippen LogP contribution in [0.15, 0.2) is 47.5 Å². The van der Waals surface area contributed by atoms with Crippen LogP contribution in [-0.4, -0.2) is 34.3 Å². The number of carbonyl (C=O) groups is 2. The molecule has 24 heavy (non-hydrogen) atoms. The fourth-order valence-electron chi connectivity index (χ4n) is 2.31. The number of nitrogens with one attached hydrogen (secondary N) is 1. The Kier molecular flexibility index (Phi) is 6.54. The van der Waals surface area contributed by atoms with Crippen molar-refractivity contribution in [3.05, 3.63) is 54.2 Å². The van der Waals surface area contributed by atoms with E-state index in [4.69, 9.17) is 4.42 Å². The second kappa shape index (κ2) is 8.86. The summed E-state index contributed by atoms with van der Waals surface area (Å²) in [4.78, 5) is 30.3. The Bertz CT molecular complexity index is 641. The third kappa shape index (κ3) is 4.94. The number of amides is 2. The number of furan rings is 1. The van der Waals surface area contributed by atoms with Gasteiger partial charge in [0.05, 0.1) is 11.8 Å². The molecule has 0 fully saturated rings. The summed E-state index contributed by atoms with van der Waals surface area (Å²) in [6.45, 7) is 4.80. The average molecular weight is 329 g/mol. The van der Waals surface area contributed by atoms with Crippen molar-refractivity contribution in [2.45, 2.75) is 39.3 Å². The van der Waals surface area contributed by atoms with E-state index in [2.05, 4.69) is 10.3 Å². The Morgan fingerprint density at radius 1 is 1.38 bits per heavy atom. The zero-order chi connectivity index (χ0) is 17.4. The number of carbonyl (C=O) groups excluding carboxylic acids is 2. The molecule has 6 nitrogen and oxygen atoms in total. The molecule has 2 aromatic heterocycles. The molecule has 0 aliphatic rings. The van der Waals surface area contributed by atoms with Gasteiger partial charge in [0.2, 0.25) is 5.91 Å². The standard InChI is InChI=1S/C18H23N3O3/c1-3-14(2)21(18(23)16-7-10-24-13-16)9-6-17(22)20-12-15-5-4-8-19-11-15/h4-5,7-8,10-11,13-14H,3,6,9,12H2,1-2H3,(H,20,22). The van der Waals surface area contributed by atoms with Crippen molar-refractivity contribution >= 4 is 11.8 Å². The molecule has 2 amide bonds. The highest BCUT2D eigenvalue weighted by molar-refractivity contribution is 5.94. The van der Waals surface area contributed by atoms with E-state index < -0.39 is 0 Å². The van der Waals surface area contributed by atoms with Gasteiger partial charge < -0.3 is 14.6 Å². The summed E-state index contributed by atoms with van der Waals surface area (Å²) >= 11 is 0. The van der Waals surface area contributed by atoms with Gasteiger partial charge in [-0.15, -0.1) is 0 Å². The first kappa shape index (κ1) is 17.7. The second-order valence-corrected chi connectivity index (χ2v) is 5.66. The van der Waals surface area contributed by atoms with Crippen LogP contribution in [-0.2, 0) is 11.3 Å². The Balaban J connectivity index is 1.88. The minimum Gasteiger partial charge on any atom is -0.472 e. The third-order valence-electron chi connectivity index (χ3n) is 3.94. The van der Waals surface area contributed by atoms with Crippen LogP contribution >= 0.6 is 0 Å². The fourth-order valence-corrected chi connectivity index (χ4v) is 2.31. The molecule has 6 heteroatoms. The van der Waals surface area contributed by atoms with Gasteiger partial charge in [0.25, 0.3) is 5.91 Å². The normalized spacial score (nSPS) is 11.8. The van der Waals surface area contributed by atoms with E-state index >= 15 is 0 Å². The molecule has 128 valence electrons. The summed E-state index contributed by atoms with van der Waals surface area (Å²) in [7, 11) is 0. The van der Waals surface area contributed by atoms with Crippen molar-refractivity contribution in [3.63, 3.8) is 0 Å². The molecule has 0 saturated carbocycles. The first-order valence-electron chi connectivity index (χ1n) is 8.10. The van der Waals surface area contributed by atoms with Crippen LogP contribution in [0.2, 0.25) is 0 Å². The second-order valence-electron chi connectivity index (χ2n) is 5.66. The Hall–Kier alpha value is -2.63. The summed E-state index contributed by atoms with van der Waals surface area (Å²) < 4.78 is 4.98. The summed E-state index contributed by atoms with van der Waals surface area (Å²) in [5.74, 6) is -0.203. The zero-order valence-corrected chi connectivity index (χ0v) is 14.1. The van der Waals surface area contributed by atoms with Crippen LogP contribution < -0.4 is 5.32 Å². The number of pyridine rings is 1. The van der Waals surface area contributed by atoms with Crippen LogP contribution in [0.3, 0.4) is 0 Å². The minimum absolute atomic E-state index is 0.0542. The maximum Gasteiger partial charge on any atom is 0.257 e. The smallest absolute Gasteiger partial charge is 0.257 e. The van der Waals surface area contributed by atoms with E-state index in [-0.39, 0.29) is 24.3 Å². The summed E-state index contributed by atoms with van der Waals surface area (Å²) in [5, 5.41) is 2.85. The van der Waals surface area contributed by atoms with E-state index in [0.29, 0.717) is 18.7 Å². The number of nitrogens with zero attached hydrogens (tertiary/aromatic N) is 2. The van der Waals surface area contributed by atoms with Gasteiger partial charge in [0, 0.05) is 37.9 Å². The minimum atomic E-state index is -0.113. The molecule has 2 aromatic rings. The number of aromatic nitrogens is 1. The molecular formula is C18H23N3O3. The quantitative estimate of drug-likeness (QED) is 0.808. The van der Waals surface area contributed by atoms with Crippen molar-refractivity contribution in [1.29, 1.82) is 0 Å². The third-order valence-corrected chi connectivity index (χ3v) is 3.94.